The molecule has 0 saturated carbocycles. The molecule has 3 aromatic rings. The molecule has 0 amide bonds. The van der Waals surface area contributed by atoms with Crippen LogP contribution in [0.25, 0.3) is 5.70 Å². The lowest BCUT2D eigenvalue weighted by molar-refractivity contribution is 1.23. The van der Waals surface area contributed by atoms with E-state index in [4.69, 9.17) is 23.2 Å². The van der Waals surface area contributed by atoms with Gasteiger partial charge in [0, 0.05) is 14.9 Å². The molecular weight excluding hydrogens is 377 g/mol. The topological polar surface area (TPSA) is 12.0 Å². The highest BCUT2D eigenvalue weighted by Gasteiger charge is 2.21. The standard InChI is InChI=1S/C19H13Cl2NS2/c20-12-7-8-13(14(21)10-12)19-11-16(17-6-3-9-23-17)22-15-4-1-2-5-18(15)24-19/h1-11,19,22H/t19-/m1/s1. The molecule has 1 N–H and O–H groups in total. The molecular formula is C19H13Cl2NS2. The smallest absolute Gasteiger partial charge is 0.0563 e. The normalized spacial score (nSPS) is 16.8. The monoisotopic (exact) mass is 389 g/mol. The number of benzene rings is 2. The van der Waals surface area contributed by atoms with Crippen molar-refractivity contribution in [2.45, 2.75) is 10.1 Å². The van der Waals surface area contributed by atoms with Gasteiger partial charge in [-0.1, -0.05) is 47.5 Å². The molecule has 0 unspecified atom stereocenters. The lowest BCUT2D eigenvalue weighted by atomic mass is 10.1. The third kappa shape index (κ3) is 3.22. The van der Waals surface area contributed by atoms with Crippen LogP contribution >= 0.6 is 46.3 Å². The first kappa shape index (κ1) is 16.1. The summed E-state index contributed by atoms with van der Waals surface area (Å²) in [5.74, 6) is 0. The Kier molecular flexibility index (Phi) is 4.59. The van der Waals surface area contributed by atoms with E-state index in [1.165, 1.54) is 9.77 Å². The van der Waals surface area contributed by atoms with E-state index in [-0.39, 0.29) is 5.25 Å². The minimum absolute atomic E-state index is 0.114. The number of hydrogen-bond donors (Lipinski definition) is 1. The van der Waals surface area contributed by atoms with E-state index in [0.29, 0.717) is 10.0 Å². The first-order valence-electron chi connectivity index (χ1n) is 7.44. The van der Waals surface area contributed by atoms with E-state index in [1.54, 1.807) is 23.1 Å². The Balaban J connectivity index is 1.84. The third-order valence-electron chi connectivity index (χ3n) is 3.78. The van der Waals surface area contributed by atoms with Gasteiger partial charge >= 0.3 is 0 Å². The zero-order chi connectivity index (χ0) is 16.5. The maximum Gasteiger partial charge on any atom is 0.0563 e. The Labute approximate surface area is 159 Å². The minimum Gasteiger partial charge on any atom is -0.354 e. The summed E-state index contributed by atoms with van der Waals surface area (Å²) in [5, 5.41) is 7.13. The van der Waals surface area contributed by atoms with Gasteiger partial charge in [-0.15, -0.1) is 23.1 Å². The highest BCUT2D eigenvalue weighted by molar-refractivity contribution is 7.99. The van der Waals surface area contributed by atoms with Crippen molar-refractivity contribution in [1.82, 2.24) is 0 Å². The molecule has 1 aromatic heterocycles. The Morgan fingerprint density at radius 1 is 0.958 bits per heavy atom. The largest absolute Gasteiger partial charge is 0.354 e. The van der Waals surface area contributed by atoms with Crippen molar-refractivity contribution in [2.24, 2.45) is 0 Å². The summed E-state index contributed by atoms with van der Waals surface area (Å²) >= 11 is 16.0. The van der Waals surface area contributed by atoms with E-state index in [9.17, 15) is 0 Å². The van der Waals surface area contributed by atoms with Gasteiger partial charge in [-0.25, -0.2) is 0 Å². The quantitative estimate of drug-likeness (QED) is 0.491. The molecule has 0 fully saturated rings. The Hall–Kier alpha value is -1.39. The third-order valence-corrected chi connectivity index (χ3v) is 6.50. The van der Waals surface area contributed by atoms with Gasteiger partial charge in [0.1, 0.15) is 0 Å². The highest BCUT2D eigenvalue weighted by atomic mass is 35.5. The number of para-hydroxylation sites is 1. The Bertz CT molecular complexity index is 903. The lowest BCUT2D eigenvalue weighted by Gasteiger charge is -2.14. The molecule has 5 heteroatoms. The summed E-state index contributed by atoms with van der Waals surface area (Å²) in [4.78, 5) is 2.42. The van der Waals surface area contributed by atoms with Gasteiger partial charge in [-0.3, -0.25) is 0 Å². The van der Waals surface area contributed by atoms with Gasteiger partial charge < -0.3 is 5.32 Å². The minimum atomic E-state index is 0.114. The van der Waals surface area contributed by atoms with Crippen molar-refractivity contribution in [1.29, 1.82) is 0 Å². The van der Waals surface area contributed by atoms with Gasteiger partial charge in [0.2, 0.25) is 0 Å². The molecule has 1 aliphatic heterocycles. The van der Waals surface area contributed by atoms with Crippen molar-refractivity contribution in [3.8, 4) is 0 Å². The summed E-state index contributed by atoms with van der Waals surface area (Å²) in [7, 11) is 0. The van der Waals surface area contributed by atoms with Crippen molar-refractivity contribution in [3.63, 3.8) is 0 Å². The summed E-state index contributed by atoms with van der Waals surface area (Å²) in [6, 6.07) is 18.3. The van der Waals surface area contributed by atoms with Crippen LogP contribution in [0.3, 0.4) is 0 Å². The molecule has 1 aliphatic rings. The van der Waals surface area contributed by atoms with Crippen LogP contribution in [0.5, 0.6) is 0 Å². The molecule has 0 spiro atoms. The Morgan fingerprint density at radius 3 is 2.62 bits per heavy atom. The zero-order valence-corrected chi connectivity index (χ0v) is 15.6. The second-order valence-corrected chi connectivity index (χ2v) is 8.36. The SMILES string of the molecule is Clc1ccc([C@H]2C=C(c3cccs3)Nc3ccccc3S2)c(Cl)c1. The number of nitrogens with one attached hydrogen (secondary N) is 1. The van der Waals surface area contributed by atoms with Crippen molar-refractivity contribution >= 4 is 57.7 Å². The van der Waals surface area contributed by atoms with Crippen molar-refractivity contribution in [3.05, 3.63) is 86.5 Å². The number of thioether (sulfide) groups is 1. The van der Waals surface area contributed by atoms with Crippen LogP contribution in [0, 0.1) is 0 Å². The van der Waals surface area contributed by atoms with Gasteiger partial charge in [0.05, 0.1) is 21.5 Å². The fraction of sp³-hybridized carbons (Fsp3) is 0.0526. The maximum absolute atomic E-state index is 6.47. The number of anilines is 1. The summed E-state index contributed by atoms with van der Waals surface area (Å²) in [6.07, 6.45) is 2.24. The number of rotatable bonds is 2. The number of halogens is 2. The fourth-order valence-electron chi connectivity index (χ4n) is 2.64. The van der Waals surface area contributed by atoms with E-state index >= 15 is 0 Å². The first-order chi connectivity index (χ1) is 11.7. The average molecular weight is 390 g/mol. The van der Waals surface area contributed by atoms with Gasteiger partial charge in [-0.2, -0.15) is 0 Å². The lowest BCUT2D eigenvalue weighted by Crippen LogP contribution is -1.97. The highest BCUT2D eigenvalue weighted by Crippen LogP contribution is 2.46. The van der Waals surface area contributed by atoms with E-state index in [2.05, 4.69) is 47.1 Å². The molecule has 0 radical (unpaired) electrons. The van der Waals surface area contributed by atoms with E-state index in [0.717, 1.165) is 16.9 Å². The fourth-order valence-corrected chi connectivity index (χ4v) is 5.15. The molecule has 1 nitrogen and oxygen atoms in total. The number of thiophene rings is 1. The molecule has 2 aromatic carbocycles. The molecule has 120 valence electrons. The molecule has 4 rings (SSSR count). The van der Waals surface area contributed by atoms with Gasteiger partial charge in [-0.05, 0) is 47.4 Å². The van der Waals surface area contributed by atoms with Crippen LogP contribution in [0.15, 0.2) is 70.9 Å². The number of fused-ring (bicyclic) bond motifs is 1. The average Bonchev–Trinajstić information content (AvgIpc) is 3.03. The number of hydrogen-bond acceptors (Lipinski definition) is 3. The Morgan fingerprint density at radius 2 is 1.83 bits per heavy atom. The van der Waals surface area contributed by atoms with Crippen molar-refractivity contribution < 1.29 is 0 Å². The van der Waals surface area contributed by atoms with E-state index in [1.807, 2.05) is 24.3 Å². The van der Waals surface area contributed by atoms with Crippen LogP contribution in [-0.4, -0.2) is 0 Å². The zero-order valence-electron chi connectivity index (χ0n) is 12.5. The van der Waals surface area contributed by atoms with Crippen LogP contribution in [0.1, 0.15) is 15.7 Å². The van der Waals surface area contributed by atoms with Crippen LogP contribution < -0.4 is 5.32 Å². The van der Waals surface area contributed by atoms with Crippen LogP contribution in [0.2, 0.25) is 10.0 Å². The van der Waals surface area contributed by atoms with Crippen LogP contribution in [-0.2, 0) is 0 Å². The first-order valence-corrected chi connectivity index (χ1v) is 9.95. The van der Waals surface area contributed by atoms with Crippen LogP contribution in [0.4, 0.5) is 5.69 Å². The summed E-state index contributed by atoms with van der Waals surface area (Å²) in [5.41, 5.74) is 3.30. The maximum atomic E-state index is 6.47. The van der Waals surface area contributed by atoms with Crippen molar-refractivity contribution in [2.75, 3.05) is 5.32 Å². The molecule has 0 bridgehead atoms. The second kappa shape index (κ2) is 6.85. The molecule has 2 heterocycles. The predicted molar refractivity (Wildman–Crippen MR) is 107 cm³/mol. The van der Waals surface area contributed by atoms with Gasteiger partial charge in [0.25, 0.3) is 0 Å². The van der Waals surface area contributed by atoms with E-state index < -0.39 is 0 Å². The summed E-state index contributed by atoms with van der Waals surface area (Å²) < 4.78 is 0. The molecule has 24 heavy (non-hydrogen) atoms. The molecule has 1 atom stereocenters. The predicted octanol–water partition coefficient (Wildman–Crippen LogP) is 7.35. The van der Waals surface area contributed by atoms with Gasteiger partial charge in [0.15, 0.2) is 0 Å². The molecule has 0 saturated heterocycles. The second-order valence-electron chi connectivity index (χ2n) is 5.38. The molecule has 0 aliphatic carbocycles. The summed E-state index contributed by atoms with van der Waals surface area (Å²) in [6.45, 7) is 0.